The molecule has 0 heterocycles. The monoisotopic (exact) mass is 351 g/mol. The maximum atomic E-state index is 12.2. The number of hydrogen-bond acceptors (Lipinski definition) is 6. The molecule has 3 rings (SSSR count). The average molecular weight is 351 g/mol. The molecule has 0 unspecified atom stereocenters. The molecule has 0 aromatic heterocycles. The average Bonchev–Trinajstić information content (AvgIpc) is 2.86. The minimum atomic E-state index is -0.798. The van der Waals surface area contributed by atoms with Crippen molar-refractivity contribution < 1.29 is 14.3 Å². The molecule has 0 saturated heterocycles. The van der Waals surface area contributed by atoms with Gasteiger partial charge in [0.25, 0.3) is 0 Å². The summed E-state index contributed by atoms with van der Waals surface area (Å²) in [4.78, 5) is 47.4. The number of esters is 1. The molecular formula is C18H13N3O5. The highest BCUT2D eigenvalue weighted by Crippen LogP contribution is 2.23. The Morgan fingerprint density at radius 3 is 2.12 bits per heavy atom. The Hall–Kier alpha value is -3.81. The Kier molecular flexibility index (Phi) is 4.57. The number of benzene rings is 2. The van der Waals surface area contributed by atoms with Crippen LogP contribution in [0.3, 0.4) is 0 Å². The zero-order chi connectivity index (χ0) is 18.7. The number of urea groups is 1. The second kappa shape index (κ2) is 6.98. The van der Waals surface area contributed by atoms with Crippen LogP contribution < -0.4 is 31.7 Å². The lowest BCUT2D eigenvalue weighted by Crippen LogP contribution is -2.36. The molecule has 0 saturated carbocycles. The molecule has 0 aliphatic rings. The van der Waals surface area contributed by atoms with Crippen molar-refractivity contribution >= 4 is 28.5 Å². The standard InChI is InChI=1S/C18H13N3O5/c1-10(22)26-14-9-5-4-8-13(14)19-18(25)21-20-15-16(23)11-6-2-3-7-12(11)17(15)24/h2-9H,1H3,(H2,19,21,25). The van der Waals surface area contributed by atoms with Gasteiger partial charge in [0.1, 0.15) is 0 Å². The van der Waals surface area contributed by atoms with Crippen LogP contribution in [0.1, 0.15) is 6.92 Å². The third kappa shape index (κ3) is 3.34. The van der Waals surface area contributed by atoms with E-state index in [1.54, 1.807) is 24.3 Å². The number of ether oxygens (including phenoxy) is 1. The fourth-order valence-electron chi connectivity index (χ4n) is 2.41. The molecule has 0 bridgehead atoms. The number of amides is 2. The maximum Gasteiger partial charge on any atom is 0.339 e. The van der Waals surface area contributed by atoms with Crippen molar-refractivity contribution in [2.75, 3.05) is 5.32 Å². The van der Waals surface area contributed by atoms with Gasteiger partial charge in [-0.05, 0) is 12.1 Å². The first kappa shape index (κ1) is 17.0. The summed E-state index contributed by atoms with van der Waals surface area (Å²) in [7, 11) is 0. The molecule has 0 spiro atoms. The lowest BCUT2D eigenvalue weighted by Gasteiger charge is -2.09. The quantitative estimate of drug-likeness (QED) is 0.415. The van der Waals surface area contributed by atoms with E-state index in [9.17, 15) is 19.2 Å². The highest BCUT2D eigenvalue weighted by Gasteiger charge is 2.11. The molecule has 0 fully saturated rings. The first-order chi connectivity index (χ1) is 12.5. The second-order valence-electron chi connectivity index (χ2n) is 5.32. The van der Waals surface area contributed by atoms with Gasteiger partial charge in [-0.15, -0.1) is 0 Å². The summed E-state index contributed by atoms with van der Waals surface area (Å²) >= 11 is 0. The molecule has 0 aliphatic heterocycles. The van der Waals surface area contributed by atoms with E-state index in [4.69, 9.17) is 4.74 Å². The smallest absolute Gasteiger partial charge is 0.339 e. The lowest BCUT2D eigenvalue weighted by atomic mass is 10.2. The Balaban J connectivity index is 1.85. The highest BCUT2D eigenvalue weighted by molar-refractivity contribution is 5.91. The third-order valence-corrected chi connectivity index (χ3v) is 3.50. The van der Waals surface area contributed by atoms with Crippen molar-refractivity contribution in [2.24, 2.45) is 5.10 Å². The zero-order valence-corrected chi connectivity index (χ0v) is 13.6. The number of nitrogens with one attached hydrogen (secondary N) is 2. The van der Waals surface area contributed by atoms with E-state index >= 15 is 0 Å². The lowest BCUT2D eigenvalue weighted by molar-refractivity contribution is -0.131. The van der Waals surface area contributed by atoms with Gasteiger partial charge in [-0.1, -0.05) is 36.4 Å². The van der Waals surface area contributed by atoms with Gasteiger partial charge in [0.15, 0.2) is 11.1 Å². The summed E-state index contributed by atoms with van der Waals surface area (Å²) in [6, 6.07) is 11.8. The first-order valence-electron chi connectivity index (χ1n) is 7.58. The molecule has 130 valence electrons. The van der Waals surface area contributed by atoms with Crippen molar-refractivity contribution in [3.8, 4) is 5.75 Å². The minimum absolute atomic E-state index is 0.156. The Morgan fingerprint density at radius 1 is 0.923 bits per heavy atom. The number of rotatable bonds is 3. The number of carbonyl (C=O) groups is 2. The predicted molar refractivity (Wildman–Crippen MR) is 94.3 cm³/mol. The van der Waals surface area contributed by atoms with E-state index < -0.39 is 22.9 Å². The number of fused-ring (bicyclic) bond motifs is 1. The van der Waals surface area contributed by atoms with E-state index in [-0.39, 0.29) is 27.6 Å². The van der Waals surface area contributed by atoms with Crippen LogP contribution in [-0.4, -0.2) is 12.0 Å². The number of nitrogens with zero attached hydrogens (tertiary/aromatic N) is 1. The third-order valence-electron chi connectivity index (χ3n) is 3.50. The van der Waals surface area contributed by atoms with E-state index in [0.717, 1.165) is 0 Å². The van der Waals surface area contributed by atoms with Gasteiger partial charge >= 0.3 is 12.0 Å². The van der Waals surface area contributed by atoms with E-state index in [1.165, 1.54) is 31.2 Å². The molecule has 0 radical (unpaired) electrons. The Morgan fingerprint density at radius 2 is 1.50 bits per heavy atom. The number of carbonyl (C=O) groups excluding carboxylic acids is 2. The molecule has 3 aromatic carbocycles. The zero-order valence-electron chi connectivity index (χ0n) is 13.6. The molecule has 0 aliphatic carbocycles. The van der Waals surface area contributed by atoms with Crippen LogP contribution in [-0.2, 0) is 4.79 Å². The van der Waals surface area contributed by atoms with Crippen molar-refractivity contribution in [3.63, 3.8) is 0 Å². The van der Waals surface area contributed by atoms with Crippen molar-refractivity contribution in [1.29, 1.82) is 0 Å². The molecule has 2 N–H and O–H groups in total. The summed E-state index contributed by atoms with van der Waals surface area (Å²) in [5.41, 5.74) is 1.23. The summed E-state index contributed by atoms with van der Waals surface area (Å²) in [6.45, 7) is 1.23. The SMILES string of the molecule is CC(=O)Oc1ccccc1NC(=O)NN=c1c(=O)c2ccccc2c1=O. The van der Waals surface area contributed by atoms with Crippen molar-refractivity contribution in [3.05, 3.63) is 74.3 Å². The molecular weight excluding hydrogens is 338 g/mol. The van der Waals surface area contributed by atoms with E-state index in [1.807, 2.05) is 0 Å². The van der Waals surface area contributed by atoms with Crippen LogP contribution in [0.2, 0.25) is 0 Å². The van der Waals surface area contributed by atoms with E-state index in [0.29, 0.717) is 0 Å². The minimum Gasteiger partial charge on any atom is -0.424 e. The van der Waals surface area contributed by atoms with Gasteiger partial charge in [-0.2, -0.15) is 5.10 Å². The molecule has 2 amide bonds. The fraction of sp³-hybridized carbons (Fsp3) is 0.0556. The van der Waals surface area contributed by atoms with Crippen LogP contribution in [0, 0.1) is 0 Å². The molecule has 8 heteroatoms. The van der Waals surface area contributed by atoms with Crippen molar-refractivity contribution in [1.82, 2.24) is 5.43 Å². The van der Waals surface area contributed by atoms with Gasteiger partial charge in [0, 0.05) is 17.7 Å². The van der Waals surface area contributed by atoms with Gasteiger partial charge in [0.2, 0.25) is 10.9 Å². The predicted octanol–water partition coefficient (Wildman–Crippen LogP) is 0.998. The largest absolute Gasteiger partial charge is 0.424 e. The second-order valence-corrected chi connectivity index (χ2v) is 5.32. The Bertz CT molecular complexity index is 1110. The van der Waals surface area contributed by atoms with Gasteiger partial charge in [-0.3, -0.25) is 14.4 Å². The summed E-state index contributed by atoms with van der Waals surface area (Å²) < 4.78 is 4.98. The van der Waals surface area contributed by atoms with Crippen molar-refractivity contribution in [2.45, 2.75) is 6.92 Å². The van der Waals surface area contributed by atoms with Crippen LogP contribution in [0.5, 0.6) is 5.75 Å². The summed E-state index contributed by atoms with van der Waals surface area (Å²) in [5, 5.41) is 6.20. The fourth-order valence-corrected chi connectivity index (χ4v) is 2.41. The van der Waals surface area contributed by atoms with Crippen LogP contribution in [0.25, 0.3) is 10.8 Å². The number of anilines is 1. The summed E-state index contributed by atoms with van der Waals surface area (Å²) in [6.07, 6.45) is 0. The normalized spacial score (nSPS) is 10.3. The number of hydrogen-bond donors (Lipinski definition) is 2. The molecule has 0 atom stereocenters. The van der Waals surface area contributed by atoms with Gasteiger partial charge < -0.3 is 10.1 Å². The molecule has 26 heavy (non-hydrogen) atoms. The van der Waals surface area contributed by atoms with Gasteiger partial charge in [-0.25, -0.2) is 10.2 Å². The highest BCUT2D eigenvalue weighted by atomic mass is 16.5. The van der Waals surface area contributed by atoms with Crippen LogP contribution >= 0.6 is 0 Å². The first-order valence-corrected chi connectivity index (χ1v) is 7.58. The van der Waals surface area contributed by atoms with Crippen LogP contribution in [0.15, 0.2) is 63.2 Å². The molecule has 8 nitrogen and oxygen atoms in total. The summed E-state index contributed by atoms with van der Waals surface area (Å²) in [5.74, 6) is -0.386. The Labute approximate surface area is 146 Å². The number of para-hydroxylation sites is 2. The molecule has 3 aromatic rings. The van der Waals surface area contributed by atoms with E-state index in [2.05, 4.69) is 15.8 Å². The van der Waals surface area contributed by atoms with Crippen LogP contribution in [0.4, 0.5) is 10.5 Å². The maximum absolute atomic E-state index is 12.2. The van der Waals surface area contributed by atoms with Gasteiger partial charge in [0.05, 0.1) is 5.69 Å². The topological polar surface area (TPSA) is 114 Å².